The molecule has 0 rings (SSSR count). The molecule has 0 aromatic carbocycles. The molecule has 92 valence electrons. The van der Waals surface area contributed by atoms with E-state index in [4.69, 9.17) is 10.2 Å². The summed E-state index contributed by atoms with van der Waals surface area (Å²) in [5.41, 5.74) is 0. The van der Waals surface area contributed by atoms with Gasteiger partial charge in [-0.1, -0.05) is 45.4 Å². The molecule has 0 amide bonds. The first kappa shape index (κ1) is 22.7. The first-order chi connectivity index (χ1) is 7.09. The third-order valence-electron chi connectivity index (χ3n) is 2.44. The molecule has 0 saturated heterocycles. The molecule has 0 aliphatic rings. The molecule has 0 atom stereocenters. The van der Waals surface area contributed by atoms with Crippen LogP contribution in [0.5, 0.6) is 0 Å². The second kappa shape index (κ2) is 14.6. The molecule has 6 heteroatoms. The molecular weight excluding hydrogens is 226 g/mol. The van der Waals surface area contributed by atoms with Crippen LogP contribution in [0.2, 0.25) is 0 Å². The van der Waals surface area contributed by atoms with Gasteiger partial charge in [0.1, 0.15) is 0 Å². The maximum Gasteiger partial charge on any atom is 1.00 e. The summed E-state index contributed by atoms with van der Waals surface area (Å²) in [6, 6.07) is 0. The number of hydrogen-bond acceptors (Lipinski definition) is 2. The first-order valence-electron chi connectivity index (χ1n) is 5.55. The van der Waals surface area contributed by atoms with Crippen LogP contribution < -0.4 is 48.4 Å². The van der Waals surface area contributed by atoms with Crippen molar-refractivity contribution in [1.82, 2.24) is 0 Å². The Bertz CT molecular complexity index is 207. The second-order valence-corrected chi connectivity index (χ2v) is 3.79. The van der Waals surface area contributed by atoms with Crippen molar-refractivity contribution in [2.45, 2.75) is 51.9 Å². The predicted molar refractivity (Wildman–Crippen MR) is 59.0 cm³/mol. The van der Waals surface area contributed by atoms with E-state index in [0.717, 1.165) is 19.3 Å². The van der Waals surface area contributed by atoms with E-state index in [-0.39, 0.29) is 57.7 Å². The Morgan fingerprint density at radius 3 is 1.82 bits per heavy atom. The van der Waals surface area contributed by atoms with Crippen LogP contribution >= 0.6 is 0 Å². The Labute approximate surface area is 140 Å². The SMILES string of the molecule is CCCCCCCCC(C(=O)O)C(=O)O.[H-].[H-].[Li+].[Na+]. The topological polar surface area (TPSA) is 74.6 Å². The molecule has 0 bridgehead atoms. The maximum absolute atomic E-state index is 10.5. The van der Waals surface area contributed by atoms with Crippen molar-refractivity contribution in [3.05, 3.63) is 0 Å². The van der Waals surface area contributed by atoms with Gasteiger partial charge in [0.25, 0.3) is 0 Å². The van der Waals surface area contributed by atoms with Crippen molar-refractivity contribution < 1.29 is 71.1 Å². The minimum Gasteiger partial charge on any atom is -1.00 e. The van der Waals surface area contributed by atoms with Crippen molar-refractivity contribution in [2.24, 2.45) is 5.92 Å². The molecule has 0 aliphatic carbocycles. The molecule has 0 heterocycles. The van der Waals surface area contributed by atoms with Crippen LogP contribution in [0.1, 0.15) is 54.7 Å². The fourth-order valence-corrected chi connectivity index (χ4v) is 1.48. The van der Waals surface area contributed by atoms with Gasteiger partial charge < -0.3 is 13.1 Å². The molecule has 0 aromatic rings. The van der Waals surface area contributed by atoms with Crippen molar-refractivity contribution in [3.8, 4) is 0 Å². The Morgan fingerprint density at radius 1 is 1.00 bits per heavy atom. The fourth-order valence-electron chi connectivity index (χ4n) is 1.48. The van der Waals surface area contributed by atoms with E-state index < -0.39 is 17.9 Å². The van der Waals surface area contributed by atoms with Crippen LogP contribution in [0.3, 0.4) is 0 Å². The molecule has 0 radical (unpaired) electrons. The first-order valence-corrected chi connectivity index (χ1v) is 5.55. The van der Waals surface area contributed by atoms with Gasteiger partial charge >= 0.3 is 60.4 Å². The Kier molecular flexibility index (Phi) is 19.5. The summed E-state index contributed by atoms with van der Waals surface area (Å²) in [6.45, 7) is 2.13. The van der Waals surface area contributed by atoms with E-state index in [1.807, 2.05) is 0 Å². The summed E-state index contributed by atoms with van der Waals surface area (Å²) in [6.07, 6.45) is 6.45. The van der Waals surface area contributed by atoms with Gasteiger partial charge in [-0.3, -0.25) is 9.59 Å². The summed E-state index contributed by atoms with van der Waals surface area (Å²) in [5.74, 6) is -3.68. The summed E-state index contributed by atoms with van der Waals surface area (Å²) in [4.78, 5) is 21.1. The molecule has 0 aromatic heterocycles. The average molecular weight is 248 g/mol. The zero-order chi connectivity index (χ0) is 11.7. The summed E-state index contributed by atoms with van der Waals surface area (Å²) in [7, 11) is 0. The zero-order valence-electron chi connectivity index (χ0n) is 13.2. The molecular formula is C11H22LiNaO4. The van der Waals surface area contributed by atoms with Crippen molar-refractivity contribution in [2.75, 3.05) is 0 Å². The van der Waals surface area contributed by atoms with Gasteiger partial charge in [-0.25, -0.2) is 0 Å². The second-order valence-electron chi connectivity index (χ2n) is 3.79. The molecule has 0 saturated carbocycles. The van der Waals surface area contributed by atoms with Crippen molar-refractivity contribution in [1.29, 1.82) is 0 Å². The third-order valence-corrected chi connectivity index (χ3v) is 2.44. The third kappa shape index (κ3) is 12.8. The zero-order valence-corrected chi connectivity index (χ0v) is 13.2. The maximum atomic E-state index is 10.5. The number of rotatable bonds is 9. The summed E-state index contributed by atoms with van der Waals surface area (Å²) in [5, 5.41) is 17.2. The van der Waals surface area contributed by atoms with E-state index in [9.17, 15) is 9.59 Å². The van der Waals surface area contributed by atoms with Gasteiger partial charge in [-0.15, -0.1) is 0 Å². The molecule has 0 aliphatic heterocycles. The Hall–Kier alpha value is 0.537. The molecule has 4 nitrogen and oxygen atoms in total. The van der Waals surface area contributed by atoms with Crippen molar-refractivity contribution >= 4 is 11.9 Å². The number of unbranched alkanes of at least 4 members (excludes halogenated alkanes) is 5. The Morgan fingerprint density at radius 2 is 1.41 bits per heavy atom. The van der Waals surface area contributed by atoms with Crippen LogP contribution in [-0.2, 0) is 9.59 Å². The number of aliphatic carboxylic acids is 2. The number of carboxylic acid groups (broad SMARTS) is 2. The molecule has 0 unspecified atom stereocenters. The standard InChI is InChI=1S/C11H20O4.Li.Na.2H/c1-2-3-4-5-6-7-8-9(10(12)13)11(14)15;;;;/h9H,2-8H2,1H3,(H,12,13)(H,14,15);;;;/q;2*+1;2*-1. The van der Waals surface area contributed by atoms with Gasteiger partial charge in [0.2, 0.25) is 0 Å². The monoisotopic (exact) mass is 248 g/mol. The largest absolute Gasteiger partial charge is 1.00 e. The normalized spacial score (nSPS) is 9.29. The van der Waals surface area contributed by atoms with E-state index in [2.05, 4.69) is 6.92 Å². The van der Waals surface area contributed by atoms with E-state index in [1.165, 1.54) is 12.8 Å². The van der Waals surface area contributed by atoms with E-state index >= 15 is 0 Å². The van der Waals surface area contributed by atoms with Gasteiger partial charge in [0.15, 0.2) is 5.92 Å². The van der Waals surface area contributed by atoms with Gasteiger partial charge in [-0.05, 0) is 6.42 Å². The van der Waals surface area contributed by atoms with Gasteiger partial charge in [0.05, 0.1) is 0 Å². The van der Waals surface area contributed by atoms with E-state index in [1.54, 1.807) is 0 Å². The smallest absolute Gasteiger partial charge is 1.00 e. The van der Waals surface area contributed by atoms with Crippen LogP contribution in [-0.4, -0.2) is 22.2 Å². The van der Waals surface area contributed by atoms with Crippen LogP contribution in [0.15, 0.2) is 0 Å². The number of hydrogen-bond donors (Lipinski definition) is 2. The minimum atomic E-state index is -1.23. The fraction of sp³-hybridized carbons (Fsp3) is 0.818. The predicted octanol–water partition coefficient (Wildman–Crippen LogP) is -3.24. The van der Waals surface area contributed by atoms with Crippen LogP contribution in [0, 0.1) is 5.92 Å². The van der Waals surface area contributed by atoms with Crippen molar-refractivity contribution in [3.63, 3.8) is 0 Å². The van der Waals surface area contributed by atoms with Gasteiger partial charge in [-0.2, -0.15) is 0 Å². The number of carboxylic acids is 2. The Balaban J connectivity index is -0.000000163. The molecule has 17 heavy (non-hydrogen) atoms. The molecule has 0 spiro atoms. The molecule has 0 fully saturated rings. The molecule has 2 N–H and O–H groups in total. The average Bonchev–Trinajstić information content (AvgIpc) is 2.15. The number of carbonyl (C=O) groups is 2. The van der Waals surface area contributed by atoms with Gasteiger partial charge in [0, 0.05) is 0 Å². The van der Waals surface area contributed by atoms with Crippen LogP contribution in [0.4, 0.5) is 0 Å². The summed E-state index contributed by atoms with van der Waals surface area (Å²) < 4.78 is 0. The van der Waals surface area contributed by atoms with Crippen LogP contribution in [0.25, 0.3) is 0 Å². The minimum absolute atomic E-state index is 0. The summed E-state index contributed by atoms with van der Waals surface area (Å²) >= 11 is 0. The quantitative estimate of drug-likeness (QED) is 0.255. The van der Waals surface area contributed by atoms with E-state index in [0.29, 0.717) is 6.42 Å².